The van der Waals surface area contributed by atoms with Gasteiger partial charge in [-0.25, -0.2) is 13.1 Å². The zero-order valence-corrected chi connectivity index (χ0v) is 14.0. The van der Waals surface area contributed by atoms with Gasteiger partial charge in [0.1, 0.15) is 0 Å². The van der Waals surface area contributed by atoms with Gasteiger partial charge in [0.05, 0.1) is 12.3 Å². The Morgan fingerprint density at radius 3 is 2.33 bits per heavy atom. The highest BCUT2D eigenvalue weighted by Gasteiger charge is 2.20. The van der Waals surface area contributed by atoms with E-state index in [1.165, 1.54) is 0 Å². The third kappa shape index (κ3) is 6.93. The molecule has 0 aliphatic carbocycles. The highest BCUT2D eigenvalue weighted by molar-refractivity contribution is 7.88. The molecule has 0 saturated heterocycles. The van der Waals surface area contributed by atoms with Gasteiger partial charge in [-0.3, -0.25) is 4.79 Å². The van der Waals surface area contributed by atoms with E-state index in [1.54, 1.807) is 24.3 Å². The molecule has 5 nitrogen and oxygen atoms in total. The molecule has 0 spiro atoms. The van der Waals surface area contributed by atoms with Crippen molar-refractivity contribution in [3.63, 3.8) is 0 Å². The number of rotatable bonds is 7. The van der Waals surface area contributed by atoms with Gasteiger partial charge in [0.15, 0.2) is 0 Å². The van der Waals surface area contributed by atoms with Crippen LogP contribution in [0.5, 0.6) is 0 Å². The average molecular weight is 333 g/mol. The molecule has 2 unspecified atom stereocenters. The van der Waals surface area contributed by atoms with Gasteiger partial charge in [-0.2, -0.15) is 0 Å². The molecular weight excluding hydrogens is 312 g/mol. The number of hydrogen-bond donors (Lipinski definition) is 2. The number of hydrogen-bond acceptors (Lipinski definition) is 3. The Balaban J connectivity index is 2.87. The molecule has 118 valence electrons. The second kappa shape index (κ2) is 7.77. The normalized spacial score (nSPS) is 14.5. The SMILES string of the molecule is CCC(C)NC(=O)CC(NS(C)(=O)=O)c1ccc(Cl)cc1. The van der Waals surface area contributed by atoms with Crippen molar-refractivity contribution in [3.8, 4) is 0 Å². The minimum absolute atomic E-state index is 0.0407. The van der Waals surface area contributed by atoms with Crippen LogP contribution in [-0.4, -0.2) is 26.6 Å². The monoisotopic (exact) mass is 332 g/mol. The largest absolute Gasteiger partial charge is 0.354 e. The molecule has 0 aromatic heterocycles. The molecule has 7 heteroatoms. The number of benzene rings is 1. The molecule has 2 atom stereocenters. The highest BCUT2D eigenvalue weighted by Crippen LogP contribution is 2.20. The van der Waals surface area contributed by atoms with E-state index in [4.69, 9.17) is 11.6 Å². The zero-order chi connectivity index (χ0) is 16.0. The van der Waals surface area contributed by atoms with Crippen molar-refractivity contribution < 1.29 is 13.2 Å². The third-order valence-electron chi connectivity index (χ3n) is 3.04. The summed E-state index contributed by atoms with van der Waals surface area (Å²) in [6.07, 6.45) is 1.93. The van der Waals surface area contributed by atoms with Crippen LogP contribution in [0.2, 0.25) is 5.02 Å². The van der Waals surface area contributed by atoms with Crippen LogP contribution in [0.25, 0.3) is 0 Å². The van der Waals surface area contributed by atoms with Crippen LogP contribution in [0.1, 0.15) is 38.3 Å². The van der Waals surface area contributed by atoms with Crippen molar-refractivity contribution in [1.29, 1.82) is 0 Å². The summed E-state index contributed by atoms with van der Waals surface area (Å²) in [7, 11) is -3.42. The summed E-state index contributed by atoms with van der Waals surface area (Å²) < 4.78 is 25.4. The van der Waals surface area contributed by atoms with E-state index in [0.717, 1.165) is 12.7 Å². The topological polar surface area (TPSA) is 75.3 Å². The lowest BCUT2D eigenvalue weighted by molar-refractivity contribution is -0.122. The number of carbonyl (C=O) groups is 1. The molecule has 0 bridgehead atoms. The molecular formula is C14H21ClN2O3S. The van der Waals surface area contributed by atoms with Gasteiger partial charge in [0, 0.05) is 17.5 Å². The van der Waals surface area contributed by atoms with Gasteiger partial charge >= 0.3 is 0 Å². The maximum Gasteiger partial charge on any atom is 0.222 e. The first-order valence-electron chi connectivity index (χ1n) is 6.73. The first-order chi connectivity index (χ1) is 9.71. The fourth-order valence-corrected chi connectivity index (χ4v) is 2.66. The Hall–Kier alpha value is -1.11. The van der Waals surface area contributed by atoms with Crippen molar-refractivity contribution in [1.82, 2.24) is 10.0 Å². The number of amides is 1. The Morgan fingerprint density at radius 2 is 1.86 bits per heavy atom. The molecule has 1 aromatic carbocycles. The number of halogens is 1. The second-order valence-corrected chi connectivity index (χ2v) is 7.29. The van der Waals surface area contributed by atoms with Crippen molar-refractivity contribution >= 4 is 27.5 Å². The molecule has 21 heavy (non-hydrogen) atoms. The van der Waals surface area contributed by atoms with Gasteiger partial charge in [-0.15, -0.1) is 0 Å². The summed E-state index contributed by atoms with van der Waals surface area (Å²) in [4.78, 5) is 12.0. The van der Waals surface area contributed by atoms with Crippen molar-refractivity contribution in [2.24, 2.45) is 0 Å². The van der Waals surface area contributed by atoms with E-state index >= 15 is 0 Å². The molecule has 0 aliphatic heterocycles. The van der Waals surface area contributed by atoms with Crippen LogP contribution >= 0.6 is 11.6 Å². The van der Waals surface area contributed by atoms with Gasteiger partial charge in [-0.1, -0.05) is 30.7 Å². The van der Waals surface area contributed by atoms with Gasteiger partial charge in [-0.05, 0) is 31.0 Å². The maximum absolute atomic E-state index is 12.0. The Kier molecular flexibility index (Phi) is 6.64. The summed E-state index contributed by atoms with van der Waals surface area (Å²) in [5, 5.41) is 3.38. The standard InChI is InChI=1S/C14H21ClN2O3S/c1-4-10(2)16-14(18)9-13(17-21(3,19)20)11-5-7-12(15)8-6-11/h5-8,10,13,17H,4,9H2,1-3H3,(H,16,18). The zero-order valence-electron chi connectivity index (χ0n) is 12.4. The predicted molar refractivity (Wildman–Crippen MR) is 84.7 cm³/mol. The Morgan fingerprint density at radius 1 is 1.29 bits per heavy atom. The third-order valence-corrected chi connectivity index (χ3v) is 4.00. The summed E-state index contributed by atoms with van der Waals surface area (Å²) in [5.41, 5.74) is 0.698. The Bertz CT molecular complexity index is 572. The molecule has 1 aromatic rings. The quantitative estimate of drug-likeness (QED) is 0.804. The van der Waals surface area contributed by atoms with Crippen LogP contribution < -0.4 is 10.0 Å². The van der Waals surface area contributed by atoms with Gasteiger partial charge in [0.25, 0.3) is 0 Å². The number of carbonyl (C=O) groups excluding carboxylic acids is 1. The fraction of sp³-hybridized carbons (Fsp3) is 0.500. The predicted octanol–water partition coefficient (Wildman–Crippen LogP) is 2.24. The smallest absolute Gasteiger partial charge is 0.222 e. The van der Waals surface area contributed by atoms with Crippen LogP contribution in [0.4, 0.5) is 0 Å². The lowest BCUT2D eigenvalue weighted by Crippen LogP contribution is -2.36. The van der Waals surface area contributed by atoms with Crippen molar-refractivity contribution in [2.45, 2.75) is 38.8 Å². The van der Waals surface area contributed by atoms with E-state index in [9.17, 15) is 13.2 Å². The molecule has 1 amide bonds. The molecule has 0 radical (unpaired) electrons. The summed E-state index contributed by atoms with van der Waals surface area (Å²) in [6, 6.07) is 6.20. The van der Waals surface area contributed by atoms with Crippen LogP contribution in [-0.2, 0) is 14.8 Å². The molecule has 0 fully saturated rings. The van der Waals surface area contributed by atoms with Crippen molar-refractivity contribution in [3.05, 3.63) is 34.9 Å². The van der Waals surface area contributed by atoms with Gasteiger partial charge < -0.3 is 5.32 Å². The molecule has 0 heterocycles. The Labute approximate surface area is 131 Å². The van der Waals surface area contributed by atoms with E-state index in [-0.39, 0.29) is 18.4 Å². The minimum Gasteiger partial charge on any atom is -0.354 e. The second-order valence-electron chi connectivity index (χ2n) is 5.08. The highest BCUT2D eigenvalue weighted by atomic mass is 35.5. The molecule has 2 N–H and O–H groups in total. The lowest BCUT2D eigenvalue weighted by Gasteiger charge is -2.19. The van der Waals surface area contributed by atoms with Gasteiger partial charge in [0.2, 0.25) is 15.9 Å². The summed E-state index contributed by atoms with van der Waals surface area (Å²) in [5.74, 6) is -0.194. The molecule has 1 rings (SSSR count). The number of nitrogens with one attached hydrogen (secondary N) is 2. The van der Waals surface area contributed by atoms with E-state index < -0.39 is 16.1 Å². The average Bonchev–Trinajstić information content (AvgIpc) is 2.37. The fourth-order valence-electron chi connectivity index (χ4n) is 1.80. The summed E-state index contributed by atoms with van der Waals surface area (Å²) >= 11 is 5.82. The van der Waals surface area contributed by atoms with Crippen LogP contribution in [0.3, 0.4) is 0 Å². The number of sulfonamides is 1. The van der Waals surface area contributed by atoms with E-state index in [1.807, 2.05) is 13.8 Å². The van der Waals surface area contributed by atoms with E-state index in [0.29, 0.717) is 10.6 Å². The molecule has 0 saturated carbocycles. The summed E-state index contributed by atoms with van der Waals surface area (Å²) in [6.45, 7) is 3.87. The first kappa shape index (κ1) is 17.9. The van der Waals surface area contributed by atoms with Crippen LogP contribution in [0.15, 0.2) is 24.3 Å². The van der Waals surface area contributed by atoms with E-state index in [2.05, 4.69) is 10.0 Å². The first-order valence-corrected chi connectivity index (χ1v) is 9.00. The minimum atomic E-state index is -3.42. The maximum atomic E-state index is 12.0. The van der Waals surface area contributed by atoms with Crippen LogP contribution in [0, 0.1) is 0 Å². The lowest BCUT2D eigenvalue weighted by atomic mass is 10.0. The van der Waals surface area contributed by atoms with Crippen molar-refractivity contribution in [2.75, 3.05) is 6.26 Å². The molecule has 0 aliphatic rings.